The van der Waals surface area contributed by atoms with Crippen LogP contribution in [0.15, 0.2) is 53.6 Å². The van der Waals surface area contributed by atoms with Crippen molar-refractivity contribution in [2.24, 2.45) is 5.10 Å². The summed E-state index contributed by atoms with van der Waals surface area (Å²) >= 11 is 0. The lowest BCUT2D eigenvalue weighted by molar-refractivity contribution is -0.0765. The van der Waals surface area contributed by atoms with E-state index < -0.39 is 5.72 Å². The number of hydrogen-bond donors (Lipinski definition) is 1. The average Bonchev–Trinajstić information content (AvgIpc) is 2.99. The fraction of sp³-hybridized carbons (Fsp3) is 0.300. The first-order valence-electron chi connectivity index (χ1n) is 8.32. The second-order valence-electron chi connectivity index (χ2n) is 6.22. The highest BCUT2D eigenvalue weighted by atomic mass is 16.5. The van der Waals surface area contributed by atoms with Gasteiger partial charge in [-0.1, -0.05) is 36.8 Å². The molecule has 0 unspecified atom stereocenters. The smallest absolute Gasteiger partial charge is 0.276 e. The van der Waals surface area contributed by atoms with Crippen molar-refractivity contribution in [2.45, 2.75) is 32.4 Å². The van der Waals surface area contributed by atoms with Crippen LogP contribution in [-0.2, 0) is 5.72 Å². The summed E-state index contributed by atoms with van der Waals surface area (Å²) in [6.07, 6.45) is 0.995. The Kier molecular flexibility index (Phi) is 4.59. The molecule has 1 amide bonds. The van der Waals surface area contributed by atoms with Crippen LogP contribution in [-0.4, -0.2) is 28.8 Å². The van der Waals surface area contributed by atoms with Gasteiger partial charge in [-0.15, -0.1) is 0 Å². The molecule has 0 aliphatic carbocycles. The molecule has 5 heteroatoms. The van der Waals surface area contributed by atoms with Gasteiger partial charge in [0.15, 0.2) is 5.72 Å². The number of benzene rings is 2. The Morgan fingerprint density at radius 2 is 1.84 bits per heavy atom. The van der Waals surface area contributed by atoms with E-state index in [0.29, 0.717) is 29.7 Å². The zero-order valence-corrected chi connectivity index (χ0v) is 14.7. The number of hydrogen-bond acceptors (Lipinski definition) is 4. The number of ether oxygens (including phenoxy) is 1. The van der Waals surface area contributed by atoms with Crippen LogP contribution in [0.5, 0.6) is 5.75 Å². The molecule has 25 heavy (non-hydrogen) atoms. The number of methoxy groups -OCH3 is 1. The summed E-state index contributed by atoms with van der Waals surface area (Å²) in [7, 11) is 1.57. The van der Waals surface area contributed by atoms with Crippen molar-refractivity contribution in [3.63, 3.8) is 0 Å². The zero-order valence-electron chi connectivity index (χ0n) is 14.7. The fourth-order valence-corrected chi connectivity index (χ4v) is 2.93. The van der Waals surface area contributed by atoms with Gasteiger partial charge >= 0.3 is 0 Å². The van der Waals surface area contributed by atoms with E-state index in [1.807, 2.05) is 38.1 Å². The van der Waals surface area contributed by atoms with Crippen LogP contribution < -0.4 is 4.74 Å². The van der Waals surface area contributed by atoms with Crippen molar-refractivity contribution in [1.82, 2.24) is 5.01 Å². The first kappa shape index (κ1) is 17.2. The molecular weight excluding hydrogens is 316 g/mol. The van der Waals surface area contributed by atoms with Gasteiger partial charge in [0.1, 0.15) is 5.75 Å². The normalized spacial score (nSPS) is 19.7. The third-order valence-corrected chi connectivity index (χ3v) is 4.49. The minimum Gasteiger partial charge on any atom is -0.497 e. The molecule has 3 rings (SSSR count). The highest BCUT2D eigenvalue weighted by molar-refractivity contribution is 5.98. The Morgan fingerprint density at radius 3 is 2.40 bits per heavy atom. The summed E-state index contributed by atoms with van der Waals surface area (Å²) in [4.78, 5) is 13.0. The van der Waals surface area contributed by atoms with Crippen LogP contribution in [0.4, 0.5) is 0 Å². The predicted molar refractivity (Wildman–Crippen MR) is 96.6 cm³/mol. The third kappa shape index (κ3) is 3.15. The van der Waals surface area contributed by atoms with Crippen molar-refractivity contribution >= 4 is 11.6 Å². The van der Waals surface area contributed by atoms with E-state index in [1.165, 1.54) is 5.01 Å². The van der Waals surface area contributed by atoms with Crippen LogP contribution in [0.25, 0.3) is 0 Å². The molecule has 1 aliphatic heterocycles. The first-order valence-corrected chi connectivity index (χ1v) is 8.32. The zero-order chi connectivity index (χ0) is 18.0. The van der Waals surface area contributed by atoms with Crippen molar-refractivity contribution < 1.29 is 14.6 Å². The van der Waals surface area contributed by atoms with Gasteiger partial charge in [0, 0.05) is 23.3 Å². The Morgan fingerprint density at radius 1 is 1.20 bits per heavy atom. The van der Waals surface area contributed by atoms with E-state index in [1.54, 1.807) is 31.4 Å². The SMILES string of the molecule is CCC1=NN(C(=O)c2ccc(OC)cc2)[C@](O)(c2ccc(C)cc2)C1. The number of aliphatic hydroxyl groups is 1. The van der Waals surface area contributed by atoms with Crippen LogP contribution in [0.1, 0.15) is 41.3 Å². The van der Waals surface area contributed by atoms with Gasteiger partial charge in [-0.05, 0) is 37.6 Å². The number of hydrazone groups is 1. The molecule has 0 spiro atoms. The standard InChI is InChI=1S/C20H22N2O3/c1-4-17-13-20(24,16-9-5-14(2)6-10-16)22(21-17)19(23)15-7-11-18(25-3)12-8-15/h5-12,24H,4,13H2,1-3H3/t20-/m1/s1. The van der Waals surface area contributed by atoms with Gasteiger partial charge in [0.2, 0.25) is 0 Å². The Balaban J connectivity index is 1.98. The Bertz CT molecular complexity index is 797. The van der Waals surface area contributed by atoms with E-state index in [-0.39, 0.29) is 5.91 Å². The molecule has 2 aromatic rings. The number of nitrogens with zero attached hydrogens (tertiary/aromatic N) is 2. The monoisotopic (exact) mass is 338 g/mol. The molecule has 5 nitrogen and oxygen atoms in total. The van der Waals surface area contributed by atoms with E-state index in [9.17, 15) is 9.90 Å². The van der Waals surface area contributed by atoms with Gasteiger partial charge in [0.05, 0.1) is 7.11 Å². The maximum absolute atomic E-state index is 13.0. The molecule has 0 saturated carbocycles. The highest BCUT2D eigenvalue weighted by Crippen LogP contribution is 2.37. The molecule has 0 bridgehead atoms. The predicted octanol–water partition coefficient (Wildman–Crippen LogP) is 3.46. The molecule has 0 fully saturated rings. The molecule has 1 atom stereocenters. The maximum Gasteiger partial charge on any atom is 0.276 e. The topological polar surface area (TPSA) is 62.1 Å². The molecule has 0 aromatic heterocycles. The van der Waals surface area contributed by atoms with E-state index in [2.05, 4.69) is 5.10 Å². The average molecular weight is 338 g/mol. The molecule has 0 radical (unpaired) electrons. The number of aryl methyl sites for hydroxylation is 1. The third-order valence-electron chi connectivity index (χ3n) is 4.49. The van der Waals surface area contributed by atoms with Gasteiger partial charge in [-0.3, -0.25) is 4.79 Å². The Labute approximate surface area is 147 Å². The summed E-state index contributed by atoms with van der Waals surface area (Å²) in [5.41, 5.74) is 1.54. The number of carbonyl (C=O) groups excluding carboxylic acids is 1. The molecule has 130 valence electrons. The van der Waals surface area contributed by atoms with Crippen molar-refractivity contribution in [2.75, 3.05) is 7.11 Å². The lowest BCUT2D eigenvalue weighted by Crippen LogP contribution is -2.43. The van der Waals surface area contributed by atoms with E-state index >= 15 is 0 Å². The second-order valence-corrected chi connectivity index (χ2v) is 6.22. The number of carbonyl (C=O) groups is 1. The summed E-state index contributed by atoms with van der Waals surface area (Å²) in [6.45, 7) is 3.95. The van der Waals surface area contributed by atoms with Crippen LogP contribution in [0, 0.1) is 6.92 Å². The highest BCUT2D eigenvalue weighted by Gasteiger charge is 2.45. The second kappa shape index (κ2) is 6.69. The lowest BCUT2D eigenvalue weighted by Gasteiger charge is -2.31. The fourth-order valence-electron chi connectivity index (χ4n) is 2.93. The summed E-state index contributed by atoms with van der Waals surface area (Å²) in [5.74, 6) is 0.332. The minimum absolute atomic E-state index is 0.314. The van der Waals surface area contributed by atoms with Gasteiger partial charge in [0.25, 0.3) is 5.91 Å². The molecule has 1 heterocycles. The van der Waals surface area contributed by atoms with Crippen molar-refractivity contribution in [3.05, 3.63) is 65.2 Å². The minimum atomic E-state index is -1.46. The van der Waals surface area contributed by atoms with E-state index in [4.69, 9.17) is 4.74 Å². The van der Waals surface area contributed by atoms with Crippen LogP contribution in [0.3, 0.4) is 0 Å². The largest absolute Gasteiger partial charge is 0.497 e. The molecular formula is C20H22N2O3. The molecule has 1 aliphatic rings. The van der Waals surface area contributed by atoms with Gasteiger partial charge < -0.3 is 9.84 Å². The van der Waals surface area contributed by atoms with Crippen molar-refractivity contribution in [3.8, 4) is 5.75 Å². The summed E-state index contributed by atoms with van der Waals surface area (Å²) in [6, 6.07) is 14.3. The Hall–Kier alpha value is -2.66. The quantitative estimate of drug-likeness (QED) is 0.928. The van der Waals surface area contributed by atoms with Crippen molar-refractivity contribution in [1.29, 1.82) is 0 Å². The van der Waals surface area contributed by atoms with Gasteiger partial charge in [-0.2, -0.15) is 10.1 Å². The summed E-state index contributed by atoms with van der Waals surface area (Å²) in [5, 5.41) is 16.9. The van der Waals surface area contributed by atoms with E-state index in [0.717, 1.165) is 11.3 Å². The first-order chi connectivity index (χ1) is 12.0. The van der Waals surface area contributed by atoms with Crippen LogP contribution in [0.2, 0.25) is 0 Å². The molecule has 1 N–H and O–H groups in total. The molecule has 0 saturated heterocycles. The van der Waals surface area contributed by atoms with Crippen LogP contribution >= 0.6 is 0 Å². The number of rotatable bonds is 4. The molecule has 2 aromatic carbocycles. The lowest BCUT2D eigenvalue weighted by atomic mass is 9.95. The van der Waals surface area contributed by atoms with Gasteiger partial charge in [-0.25, -0.2) is 0 Å². The maximum atomic E-state index is 13.0. The summed E-state index contributed by atoms with van der Waals surface area (Å²) < 4.78 is 5.13. The number of amides is 1.